The van der Waals surface area contributed by atoms with E-state index in [1.54, 1.807) is 17.8 Å². The molecular weight excluding hydrogens is 339 g/mol. The first-order valence-corrected chi connectivity index (χ1v) is 10.1. The third-order valence-corrected chi connectivity index (χ3v) is 5.95. The molecule has 5 nitrogen and oxygen atoms in total. The van der Waals surface area contributed by atoms with Crippen LogP contribution < -0.4 is 15.5 Å². The fourth-order valence-corrected chi connectivity index (χ4v) is 4.36. The van der Waals surface area contributed by atoms with E-state index in [1.807, 2.05) is 13.0 Å². The van der Waals surface area contributed by atoms with Gasteiger partial charge in [0.25, 0.3) is 0 Å². The third kappa shape index (κ3) is 4.46. The molecule has 1 aromatic rings. The summed E-state index contributed by atoms with van der Waals surface area (Å²) >= 11 is 1.72. The average molecular weight is 367 g/mol. The molecule has 2 heterocycles. The summed E-state index contributed by atoms with van der Waals surface area (Å²) < 4.78 is 13.9. The Hall–Kier alpha value is -1.31. The zero-order valence-electron chi connectivity index (χ0n) is 14.9. The van der Waals surface area contributed by atoms with Crippen LogP contribution >= 0.6 is 11.8 Å². The number of hydrogen-bond acceptors (Lipinski definition) is 5. The maximum atomic E-state index is 13.9. The van der Waals surface area contributed by atoms with Crippen molar-refractivity contribution in [3.63, 3.8) is 0 Å². The largest absolute Gasteiger partial charge is 0.369 e. The number of carbonyl (C=O) groups is 1. The molecule has 0 spiro atoms. The van der Waals surface area contributed by atoms with Crippen molar-refractivity contribution in [2.75, 3.05) is 49.3 Å². The number of benzene rings is 1. The van der Waals surface area contributed by atoms with Gasteiger partial charge in [0.15, 0.2) is 0 Å². The maximum absolute atomic E-state index is 13.9. The number of halogens is 1. The number of carbonyl (C=O) groups excluding carboxylic acids is 1. The summed E-state index contributed by atoms with van der Waals surface area (Å²) in [6.45, 7) is 9.03. The minimum absolute atomic E-state index is 0.0106. The number of nitrogens with zero attached hydrogens (tertiary/aromatic N) is 2. The molecule has 1 aromatic carbocycles. The second kappa shape index (κ2) is 8.38. The number of amides is 1. The van der Waals surface area contributed by atoms with Crippen molar-refractivity contribution in [1.29, 1.82) is 0 Å². The topological polar surface area (TPSA) is 47.6 Å². The summed E-state index contributed by atoms with van der Waals surface area (Å²) in [7, 11) is 0. The van der Waals surface area contributed by atoms with E-state index in [1.165, 1.54) is 6.07 Å². The van der Waals surface area contributed by atoms with Gasteiger partial charge < -0.3 is 15.1 Å². The van der Waals surface area contributed by atoms with Crippen molar-refractivity contribution in [3.8, 4) is 0 Å². The van der Waals surface area contributed by atoms with E-state index in [-0.39, 0.29) is 23.8 Å². The molecule has 0 bridgehead atoms. The minimum Gasteiger partial charge on any atom is -0.369 e. The Bertz CT molecular complexity index is 601. The molecule has 2 fully saturated rings. The zero-order valence-corrected chi connectivity index (χ0v) is 15.7. The Morgan fingerprint density at radius 2 is 2.16 bits per heavy atom. The lowest BCUT2D eigenvalue weighted by atomic mass is 10.0. The lowest BCUT2D eigenvalue weighted by Crippen LogP contribution is -2.47. The van der Waals surface area contributed by atoms with Crippen molar-refractivity contribution < 1.29 is 9.18 Å². The highest BCUT2D eigenvalue weighted by Crippen LogP contribution is 2.28. The van der Waals surface area contributed by atoms with Gasteiger partial charge in [0.05, 0.1) is 12.1 Å². The number of thioether (sulfide) groups is 1. The maximum Gasteiger partial charge on any atom is 0.238 e. The van der Waals surface area contributed by atoms with Crippen LogP contribution in [0.3, 0.4) is 0 Å². The van der Waals surface area contributed by atoms with Crippen molar-refractivity contribution in [1.82, 2.24) is 15.5 Å². The van der Waals surface area contributed by atoms with Gasteiger partial charge in [0, 0.05) is 49.1 Å². The average Bonchev–Trinajstić information content (AvgIpc) is 3.16. The predicted octanol–water partition coefficient (Wildman–Crippen LogP) is 1.81. The number of likely N-dealkylation sites (N-methyl/N-ethyl adjacent to an activating group) is 1. The van der Waals surface area contributed by atoms with Crippen LogP contribution in [0.5, 0.6) is 0 Å². The van der Waals surface area contributed by atoms with Crippen LogP contribution in [-0.4, -0.2) is 61.2 Å². The van der Waals surface area contributed by atoms with Crippen LogP contribution in [-0.2, 0) is 4.79 Å². The van der Waals surface area contributed by atoms with Crippen LogP contribution in [0.2, 0.25) is 0 Å². The quantitative estimate of drug-likeness (QED) is 0.832. The molecule has 0 aromatic heterocycles. The van der Waals surface area contributed by atoms with Gasteiger partial charge in [-0.2, -0.15) is 0 Å². The lowest BCUT2D eigenvalue weighted by molar-refractivity contribution is -0.123. The first kappa shape index (κ1) is 18.5. The molecule has 2 atom stereocenters. The SMILES string of the molecule is CCN1CCN(c2ccc(F)cc2C(C)NC(=O)C2CSCN2)CC1. The molecule has 2 aliphatic rings. The second-order valence-electron chi connectivity index (χ2n) is 6.63. The van der Waals surface area contributed by atoms with Gasteiger partial charge >= 0.3 is 0 Å². The predicted molar refractivity (Wildman–Crippen MR) is 102 cm³/mol. The normalized spacial score (nSPS) is 22.8. The van der Waals surface area contributed by atoms with E-state index in [0.717, 1.165) is 55.6 Å². The summed E-state index contributed by atoms with van der Waals surface area (Å²) in [4.78, 5) is 17.1. The van der Waals surface area contributed by atoms with Crippen LogP contribution in [0.1, 0.15) is 25.5 Å². The van der Waals surface area contributed by atoms with E-state index in [4.69, 9.17) is 0 Å². The van der Waals surface area contributed by atoms with E-state index in [9.17, 15) is 9.18 Å². The molecule has 138 valence electrons. The number of rotatable bonds is 5. The van der Waals surface area contributed by atoms with Gasteiger partial charge in [-0.15, -0.1) is 11.8 Å². The van der Waals surface area contributed by atoms with Crippen molar-refractivity contribution in [3.05, 3.63) is 29.6 Å². The smallest absolute Gasteiger partial charge is 0.238 e. The molecular formula is C18H27FN4OS. The van der Waals surface area contributed by atoms with Gasteiger partial charge in [-0.3, -0.25) is 10.1 Å². The molecule has 0 aliphatic carbocycles. The number of hydrogen-bond donors (Lipinski definition) is 2. The zero-order chi connectivity index (χ0) is 17.8. The molecule has 0 radical (unpaired) electrons. The molecule has 1 amide bonds. The fourth-order valence-electron chi connectivity index (χ4n) is 3.42. The van der Waals surface area contributed by atoms with E-state index < -0.39 is 0 Å². The van der Waals surface area contributed by atoms with E-state index in [0.29, 0.717) is 0 Å². The Labute approximate surface area is 153 Å². The molecule has 2 N–H and O–H groups in total. The summed E-state index contributed by atoms with van der Waals surface area (Å²) in [5, 5.41) is 6.22. The monoisotopic (exact) mass is 366 g/mol. The summed E-state index contributed by atoms with van der Waals surface area (Å²) in [5.74, 6) is 1.32. The van der Waals surface area contributed by atoms with Gasteiger partial charge in [0.1, 0.15) is 5.82 Å². The van der Waals surface area contributed by atoms with Crippen molar-refractivity contribution in [2.45, 2.75) is 25.9 Å². The number of anilines is 1. The Kier molecular flexibility index (Phi) is 6.19. The number of piperazine rings is 1. The highest BCUT2D eigenvalue weighted by Gasteiger charge is 2.26. The van der Waals surface area contributed by atoms with Crippen LogP contribution in [0.4, 0.5) is 10.1 Å². The molecule has 2 unspecified atom stereocenters. The van der Waals surface area contributed by atoms with Crippen LogP contribution in [0.25, 0.3) is 0 Å². The number of nitrogens with one attached hydrogen (secondary N) is 2. The van der Waals surface area contributed by atoms with Gasteiger partial charge in [-0.1, -0.05) is 6.92 Å². The van der Waals surface area contributed by atoms with Gasteiger partial charge in [-0.25, -0.2) is 4.39 Å². The van der Waals surface area contributed by atoms with Crippen molar-refractivity contribution in [2.24, 2.45) is 0 Å². The van der Waals surface area contributed by atoms with Gasteiger partial charge in [-0.05, 0) is 31.7 Å². The summed E-state index contributed by atoms with van der Waals surface area (Å²) in [6.07, 6.45) is 0. The highest BCUT2D eigenvalue weighted by molar-refractivity contribution is 7.99. The Morgan fingerprint density at radius 3 is 2.80 bits per heavy atom. The molecule has 3 rings (SSSR count). The molecule has 2 saturated heterocycles. The lowest BCUT2D eigenvalue weighted by Gasteiger charge is -2.37. The second-order valence-corrected chi connectivity index (χ2v) is 7.66. The van der Waals surface area contributed by atoms with Crippen LogP contribution in [0, 0.1) is 5.82 Å². The van der Waals surface area contributed by atoms with Gasteiger partial charge in [0.2, 0.25) is 5.91 Å². The van der Waals surface area contributed by atoms with Crippen LogP contribution in [0.15, 0.2) is 18.2 Å². The molecule has 2 aliphatic heterocycles. The first-order chi connectivity index (χ1) is 12.1. The fraction of sp³-hybridized carbons (Fsp3) is 0.611. The molecule has 7 heteroatoms. The molecule has 25 heavy (non-hydrogen) atoms. The van der Waals surface area contributed by atoms with E-state index >= 15 is 0 Å². The standard InChI is InChI=1S/C18H27FN4OS/c1-3-22-6-8-23(9-7-22)17-5-4-14(19)10-15(17)13(2)21-18(24)16-11-25-12-20-16/h4-5,10,13,16,20H,3,6-9,11-12H2,1-2H3,(H,21,24). The first-order valence-electron chi connectivity index (χ1n) is 8.96. The Balaban J connectivity index is 1.73. The Morgan fingerprint density at radius 1 is 1.40 bits per heavy atom. The van der Waals surface area contributed by atoms with E-state index in [2.05, 4.69) is 27.4 Å². The summed E-state index contributed by atoms with van der Waals surface area (Å²) in [6, 6.07) is 4.53. The third-order valence-electron chi connectivity index (χ3n) is 5.01. The minimum atomic E-state index is -0.262. The highest BCUT2D eigenvalue weighted by atomic mass is 32.2. The van der Waals surface area contributed by atoms with Crippen molar-refractivity contribution >= 4 is 23.4 Å². The summed E-state index contributed by atoms with van der Waals surface area (Å²) in [5.41, 5.74) is 1.88. The molecule has 0 saturated carbocycles.